The topological polar surface area (TPSA) is 328 Å². The minimum Gasteiger partial charge on any atom is -0.505 e. The van der Waals surface area contributed by atoms with E-state index >= 15 is 0 Å². The number of phenolic OH excluding ortho intramolecular Hbond substituents is 2. The fraction of sp³-hybridized carbons (Fsp3) is 0. The largest absolute Gasteiger partial charge is 0.505 e. The van der Waals surface area contributed by atoms with Crippen LogP contribution in [0.5, 0.6) is 11.5 Å². The Morgan fingerprint density at radius 3 is 2.14 bits per heavy atom. The van der Waals surface area contributed by atoms with Crippen molar-refractivity contribution in [2.75, 3.05) is 11.1 Å². The maximum Gasteiger partial charge on any atom is 0.295 e. The van der Waals surface area contributed by atoms with Gasteiger partial charge in [0.1, 0.15) is 16.3 Å². The fourth-order valence-corrected chi connectivity index (χ4v) is 6.80. The summed E-state index contributed by atoms with van der Waals surface area (Å²) in [5.74, 6) is -2.25. The van der Waals surface area contributed by atoms with Gasteiger partial charge in [0.15, 0.2) is 11.5 Å². The molecule has 0 bridgehead atoms. The van der Waals surface area contributed by atoms with Crippen molar-refractivity contribution < 1.29 is 82.5 Å². The Hall–Kier alpha value is -3.70. The normalized spacial score (nSPS) is 12.1. The first-order valence-electron chi connectivity index (χ1n) is 12.3. The van der Waals surface area contributed by atoms with Gasteiger partial charge in [-0.05, 0) is 47.3 Å². The van der Waals surface area contributed by atoms with E-state index in [9.17, 15) is 36.2 Å². The maximum absolute atomic E-state index is 12.1. The predicted molar refractivity (Wildman–Crippen MR) is 169 cm³/mol. The second kappa shape index (κ2) is 15.7. The fourth-order valence-electron chi connectivity index (χ4n) is 4.36. The molecule has 1 aromatic heterocycles. The number of anilines is 3. The average molecular weight is 842 g/mol. The van der Waals surface area contributed by atoms with Crippen molar-refractivity contribution in [1.29, 1.82) is 0 Å². The van der Waals surface area contributed by atoms with Crippen molar-refractivity contribution >= 4 is 106 Å². The summed E-state index contributed by atoms with van der Waals surface area (Å²) in [4.78, 5) is 9.61. The van der Waals surface area contributed by atoms with Crippen molar-refractivity contribution in [3.63, 3.8) is 0 Å². The number of nitrogens with two attached hydrogens (primary N) is 1. The van der Waals surface area contributed by atoms with Crippen LogP contribution < -0.4 is 11.1 Å². The first-order valence-corrected chi connectivity index (χ1v) is 17.1. The molecule has 27 heteroatoms. The molecule has 0 amide bonds. The molecule has 0 fully saturated rings. The molecule has 5 aromatic rings. The van der Waals surface area contributed by atoms with Crippen LogP contribution in [0.1, 0.15) is 0 Å². The Kier molecular flexibility index (Phi) is 12.3. The molecule has 0 aliphatic heterocycles. The van der Waals surface area contributed by atoms with Gasteiger partial charge in [0.2, 0.25) is 17.2 Å². The van der Waals surface area contributed by atoms with Crippen LogP contribution in [0.15, 0.2) is 72.3 Å². The summed E-state index contributed by atoms with van der Waals surface area (Å²) in [6.45, 7) is 0. The molecular weight excluding hydrogens is 826 g/mol. The summed E-state index contributed by atoms with van der Waals surface area (Å²) >= 11 is 6.43. The molecule has 1 radical (unpaired) electrons. The number of nitrogens with zero attached hydrogens (tertiary/aromatic N) is 5. The van der Waals surface area contributed by atoms with Crippen LogP contribution in [0.3, 0.4) is 0 Å². The van der Waals surface area contributed by atoms with Crippen LogP contribution >= 0.6 is 35.7 Å². The molecule has 21 nitrogen and oxygen atoms in total. The van der Waals surface area contributed by atoms with Crippen LogP contribution in [0.4, 0.5) is 29.0 Å². The molecule has 0 saturated heterocycles. The summed E-state index contributed by atoms with van der Waals surface area (Å²) in [6, 6.07) is 7.68. The maximum atomic E-state index is 12.1. The van der Waals surface area contributed by atoms with Crippen molar-refractivity contribution in [1.82, 2.24) is 15.0 Å². The van der Waals surface area contributed by atoms with Gasteiger partial charge in [-0.25, -0.2) is 10.5 Å². The molecule has 0 aliphatic rings. The third kappa shape index (κ3) is 8.42. The van der Waals surface area contributed by atoms with Crippen LogP contribution in [0, 0.1) is 0 Å². The molecular formula is C23H16ClCuN7O14S4. The smallest absolute Gasteiger partial charge is 0.295 e. The van der Waals surface area contributed by atoms with Gasteiger partial charge in [0, 0.05) is 38.1 Å². The van der Waals surface area contributed by atoms with E-state index in [1.807, 2.05) is 0 Å². The van der Waals surface area contributed by atoms with E-state index in [0.717, 1.165) is 30.3 Å². The number of phenols is 2. The van der Waals surface area contributed by atoms with Gasteiger partial charge in [0.25, 0.3) is 20.2 Å². The van der Waals surface area contributed by atoms with Gasteiger partial charge in [0.05, 0.1) is 39.6 Å². The van der Waals surface area contributed by atoms with E-state index in [1.54, 1.807) is 0 Å². The Morgan fingerprint density at radius 2 is 1.52 bits per heavy atom. The Balaban J connectivity index is 0.00000562. The average Bonchev–Trinajstić information content (AvgIpc) is 3.01. The summed E-state index contributed by atoms with van der Waals surface area (Å²) < 4.78 is 77.0. The summed E-state index contributed by atoms with van der Waals surface area (Å²) in [5.41, 5.74) is 4.37. The van der Waals surface area contributed by atoms with E-state index < -0.39 is 58.3 Å². The molecule has 50 heavy (non-hydrogen) atoms. The van der Waals surface area contributed by atoms with Crippen LogP contribution in [-0.2, 0) is 56.0 Å². The molecule has 0 spiro atoms. The quantitative estimate of drug-likeness (QED) is 0.0196. The Bertz CT molecular complexity index is 2360. The van der Waals surface area contributed by atoms with Crippen molar-refractivity contribution in [3.05, 3.63) is 47.7 Å². The van der Waals surface area contributed by atoms with E-state index in [2.05, 4.69) is 49.2 Å². The number of aromatic hydroxyl groups is 2. The minimum absolute atomic E-state index is 0. The summed E-state index contributed by atoms with van der Waals surface area (Å²) in [5, 5.41) is 56.7. The molecule has 4 aromatic carbocycles. The molecule has 0 aliphatic carbocycles. The van der Waals surface area contributed by atoms with Gasteiger partial charge >= 0.3 is 0 Å². The van der Waals surface area contributed by atoms with E-state index in [0.29, 0.717) is 12.0 Å². The number of nitrogen functional groups attached to an aromatic ring is 1. The number of rotatable bonds is 12. The van der Waals surface area contributed by atoms with Gasteiger partial charge in [-0.2, -0.15) is 31.8 Å². The second-order valence-corrected chi connectivity index (χ2v) is 13.7. The van der Waals surface area contributed by atoms with Crippen molar-refractivity contribution in [3.8, 4) is 11.5 Å². The Morgan fingerprint density at radius 1 is 0.840 bits per heavy atom. The molecule has 9 N–H and O–H groups in total. The first-order chi connectivity index (χ1) is 23.1. The summed E-state index contributed by atoms with van der Waals surface area (Å²) in [6.07, 6.45) is 0. The standard InChI is InChI=1S/C23H16ClN7O14S4.Cu/c24-21-27-22(25)29-23(28-21)26-11-6-9(48(36,37)38)4-8-5-14(47-45-43-35)18(20(33)16(8)11)31-30-12-7-13(46-44-42-34)10-2-1-3-15(49(39,40)41)17(10)19(12)32;/h1-7,32-35H,(H,36,37,38)(H,39,40,41)(H3,25,26,27,28,29);. The van der Waals surface area contributed by atoms with Crippen molar-refractivity contribution in [2.24, 2.45) is 10.2 Å². The molecule has 269 valence electrons. The number of hydrogen-bond donors (Lipinski definition) is 8. The number of halogens is 1. The summed E-state index contributed by atoms with van der Waals surface area (Å²) in [7, 11) is -9.80. The minimum atomic E-state index is -4.93. The number of aromatic nitrogens is 3. The van der Waals surface area contributed by atoms with Crippen LogP contribution in [0.25, 0.3) is 21.5 Å². The van der Waals surface area contributed by atoms with Gasteiger partial charge < -0.3 is 21.3 Å². The van der Waals surface area contributed by atoms with Crippen LogP contribution in [-0.4, -0.2) is 61.6 Å². The number of benzene rings is 4. The zero-order chi connectivity index (χ0) is 35.7. The zero-order valence-corrected chi connectivity index (χ0v) is 28.6. The molecule has 0 saturated carbocycles. The van der Waals surface area contributed by atoms with Gasteiger partial charge in [-0.3, -0.25) is 9.11 Å². The number of hydrogen-bond acceptors (Lipinski definition) is 21. The number of fused-ring (bicyclic) bond motifs is 2. The van der Waals surface area contributed by atoms with Gasteiger partial charge in [-0.15, -0.1) is 18.9 Å². The number of azo groups is 1. The van der Waals surface area contributed by atoms with Gasteiger partial charge in [-0.1, -0.05) is 22.2 Å². The zero-order valence-electron chi connectivity index (χ0n) is 23.6. The third-order valence-corrected chi connectivity index (χ3v) is 9.34. The van der Waals surface area contributed by atoms with Crippen molar-refractivity contribution in [2.45, 2.75) is 19.6 Å². The monoisotopic (exact) mass is 840 g/mol. The third-order valence-electron chi connectivity index (χ3n) is 6.18. The molecule has 0 atom stereocenters. The molecule has 0 unspecified atom stereocenters. The predicted octanol–water partition coefficient (Wildman–Crippen LogP) is 5.33. The second-order valence-electron chi connectivity index (χ2n) is 9.08. The van der Waals surface area contributed by atoms with E-state index in [4.69, 9.17) is 27.8 Å². The first kappa shape index (κ1) is 39.1. The van der Waals surface area contributed by atoms with E-state index in [1.165, 1.54) is 12.1 Å². The van der Waals surface area contributed by atoms with Crippen LogP contribution in [0.2, 0.25) is 5.28 Å². The SMILES string of the molecule is Nc1nc(Cl)nc(Nc2cc(S(=O)(=O)O)cc3cc(SOOO)c(N=Nc4cc(SOOO)c5cccc(S(=O)(=O)O)c5c4O)c(O)c23)n1.[Cu]. The number of nitrogens with one attached hydrogen (secondary N) is 1. The van der Waals surface area contributed by atoms with E-state index in [-0.39, 0.29) is 77.9 Å². The molecule has 1 heterocycles. The molecule has 5 rings (SSSR count). The Labute approximate surface area is 302 Å².